The minimum atomic E-state index is -0.367. The van der Waals surface area contributed by atoms with Crippen molar-refractivity contribution in [2.24, 2.45) is 5.92 Å². The molecule has 1 heterocycles. The van der Waals surface area contributed by atoms with Gasteiger partial charge in [-0.25, -0.2) is 0 Å². The Labute approximate surface area is 119 Å². The van der Waals surface area contributed by atoms with E-state index >= 15 is 0 Å². The molecule has 1 fully saturated rings. The highest BCUT2D eigenvalue weighted by Crippen LogP contribution is 2.30. The van der Waals surface area contributed by atoms with Crippen LogP contribution in [0.3, 0.4) is 0 Å². The summed E-state index contributed by atoms with van der Waals surface area (Å²) in [4.78, 5) is 14.8. The molecule has 1 rings (SSSR count). The first-order chi connectivity index (χ1) is 8.87. The Morgan fingerprint density at radius 3 is 2.37 bits per heavy atom. The van der Waals surface area contributed by atoms with Gasteiger partial charge in [-0.3, -0.25) is 10.1 Å². The fourth-order valence-corrected chi connectivity index (χ4v) is 2.91. The first kappa shape index (κ1) is 16.5. The molecule has 1 amide bonds. The highest BCUT2D eigenvalue weighted by Gasteiger charge is 2.48. The van der Waals surface area contributed by atoms with E-state index in [-0.39, 0.29) is 17.6 Å². The molecule has 3 unspecified atom stereocenters. The minimum absolute atomic E-state index is 0.189. The highest BCUT2D eigenvalue weighted by molar-refractivity contribution is 5.88. The maximum absolute atomic E-state index is 12.7. The van der Waals surface area contributed by atoms with Crippen LogP contribution in [0.25, 0.3) is 0 Å². The molecule has 0 spiro atoms. The number of carbonyl (C=O) groups excluding carboxylic acids is 1. The van der Waals surface area contributed by atoms with Crippen molar-refractivity contribution in [3.63, 3.8) is 0 Å². The van der Waals surface area contributed by atoms with Crippen LogP contribution in [0.2, 0.25) is 0 Å². The summed E-state index contributed by atoms with van der Waals surface area (Å²) in [5.41, 5.74) is -0.367. The molecule has 0 radical (unpaired) electrons. The number of nitrogens with one attached hydrogen (secondary N) is 1. The Balaban J connectivity index is 2.79. The first-order valence-corrected chi connectivity index (χ1v) is 7.97. The zero-order valence-corrected chi connectivity index (χ0v) is 13.6. The number of hydrogen-bond donors (Lipinski definition) is 1. The van der Waals surface area contributed by atoms with Gasteiger partial charge in [-0.15, -0.1) is 0 Å². The molecule has 3 atom stereocenters. The summed E-state index contributed by atoms with van der Waals surface area (Å²) < 4.78 is 0. The van der Waals surface area contributed by atoms with Gasteiger partial charge >= 0.3 is 0 Å². The van der Waals surface area contributed by atoms with Gasteiger partial charge in [0, 0.05) is 6.04 Å². The molecule has 1 saturated heterocycles. The van der Waals surface area contributed by atoms with Gasteiger partial charge in [0.1, 0.15) is 0 Å². The second kappa shape index (κ2) is 6.74. The van der Waals surface area contributed by atoms with Gasteiger partial charge < -0.3 is 4.90 Å². The topological polar surface area (TPSA) is 32.3 Å². The van der Waals surface area contributed by atoms with E-state index < -0.39 is 0 Å². The lowest BCUT2D eigenvalue weighted by atomic mass is 9.98. The monoisotopic (exact) mass is 268 g/mol. The van der Waals surface area contributed by atoms with Crippen LogP contribution < -0.4 is 5.32 Å². The number of rotatable bonds is 7. The summed E-state index contributed by atoms with van der Waals surface area (Å²) in [7, 11) is 0. The van der Waals surface area contributed by atoms with Gasteiger partial charge in [-0.05, 0) is 32.6 Å². The molecule has 0 aromatic carbocycles. The maximum atomic E-state index is 12.7. The van der Waals surface area contributed by atoms with Gasteiger partial charge in [-0.1, -0.05) is 47.0 Å². The lowest BCUT2D eigenvalue weighted by Gasteiger charge is -2.32. The molecule has 0 aliphatic carbocycles. The summed E-state index contributed by atoms with van der Waals surface area (Å²) in [6.07, 6.45) is 5.87. The average molecular weight is 268 g/mol. The lowest BCUT2D eigenvalue weighted by molar-refractivity contribution is -0.135. The van der Waals surface area contributed by atoms with E-state index in [1.165, 1.54) is 19.3 Å². The largest absolute Gasteiger partial charge is 0.323 e. The number of hydrogen-bond acceptors (Lipinski definition) is 2. The molecule has 1 aliphatic heterocycles. The van der Waals surface area contributed by atoms with Crippen molar-refractivity contribution in [3.8, 4) is 0 Å². The zero-order chi connectivity index (χ0) is 14.6. The van der Waals surface area contributed by atoms with Gasteiger partial charge in [0.25, 0.3) is 0 Å². The number of nitrogens with zero attached hydrogens (tertiary/aromatic N) is 1. The number of unbranched alkanes of at least 4 members (excludes halogenated alkanes) is 2. The van der Waals surface area contributed by atoms with Crippen molar-refractivity contribution in [2.75, 3.05) is 0 Å². The van der Waals surface area contributed by atoms with Crippen molar-refractivity contribution in [3.05, 3.63) is 0 Å². The Morgan fingerprint density at radius 1 is 1.26 bits per heavy atom. The van der Waals surface area contributed by atoms with Crippen LogP contribution in [-0.4, -0.2) is 28.6 Å². The smallest absolute Gasteiger partial charge is 0.244 e. The molecule has 0 saturated carbocycles. The molecule has 0 bridgehead atoms. The molecule has 0 aromatic rings. The lowest BCUT2D eigenvalue weighted by Crippen LogP contribution is -2.46. The molecule has 1 aliphatic rings. The molecule has 0 aromatic heterocycles. The van der Waals surface area contributed by atoms with E-state index in [0.717, 1.165) is 12.8 Å². The molecule has 3 nitrogen and oxygen atoms in total. The van der Waals surface area contributed by atoms with Gasteiger partial charge in [0.15, 0.2) is 0 Å². The van der Waals surface area contributed by atoms with Crippen molar-refractivity contribution < 1.29 is 4.79 Å². The predicted molar refractivity (Wildman–Crippen MR) is 80.9 cm³/mol. The standard InChI is InChI=1S/C16H32N2O/c1-7-9-10-11-13(5)18-14(12(3)4)17-16(6,8-2)15(18)19/h12-14,17H,7-11H2,1-6H3. The average Bonchev–Trinajstić information content (AvgIpc) is 2.63. The fraction of sp³-hybridized carbons (Fsp3) is 0.938. The van der Waals surface area contributed by atoms with E-state index in [4.69, 9.17) is 0 Å². The van der Waals surface area contributed by atoms with E-state index in [2.05, 4.69) is 44.8 Å². The van der Waals surface area contributed by atoms with E-state index in [0.29, 0.717) is 12.0 Å². The fourth-order valence-electron chi connectivity index (χ4n) is 2.91. The van der Waals surface area contributed by atoms with E-state index in [1.807, 2.05) is 6.92 Å². The van der Waals surface area contributed by atoms with Crippen molar-refractivity contribution in [1.29, 1.82) is 0 Å². The van der Waals surface area contributed by atoms with Gasteiger partial charge in [-0.2, -0.15) is 0 Å². The Bertz CT molecular complexity index is 303. The molecular formula is C16H32N2O. The number of carbonyl (C=O) groups is 1. The van der Waals surface area contributed by atoms with Crippen LogP contribution >= 0.6 is 0 Å². The third kappa shape index (κ3) is 3.50. The van der Waals surface area contributed by atoms with Crippen LogP contribution in [0, 0.1) is 5.92 Å². The Hall–Kier alpha value is -0.570. The van der Waals surface area contributed by atoms with E-state index in [9.17, 15) is 4.79 Å². The normalized spacial score (nSPS) is 29.3. The van der Waals surface area contributed by atoms with E-state index in [1.54, 1.807) is 0 Å². The van der Waals surface area contributed by atoms with Crippen molar-refractivity contribution in [2.45, 2.75) is 91.4 Å². The SMILES string of the molecule is CCCCCC(C)N1C(=O)C(C)(CC)NC1C(C)C. The van der Waals surface area contributed by atoms with Crippen LogP contribution in [0.15, 0.2) is 0 Å². The molecule has 1 N–H and O–H groups in total. The number of amides is 1. The second-order valence-electron chi connectivity index (χ2n) is 6.58. The quantitative estimate of drug-likeness (QED) is 0.716. The minimum Gasteiger partial charge on any atom is -0.323 e. The second-order valence-corrected chi connectivity index (χ2v) is 6.58. The summed E-state index contributed by atoms with van der Waals surface area (Å²) in [5.74, 6) is 0.739. The zero-order valence-electron chi connectivity index (χ0n) is 13.6. The highest BCUT2D eigenvalue weighted by atomic mass is 16.2. The van der Waals surface area contributed by atoms with Crippen LogP contribution in [0.4, 0.5) is 0 Å². The summed E-state index contributed by atoms with van der Waals surface area (Å²) in [6.45, 7) is 12.9. The van der Waals surface area contributed by atoms with Gasteiger partial charge in [0.05, 0.1) is 11.7 Å². The summed E-state index contributed by atoms with van der Waals surface area (Å²) in [6, 6.07) is 0.340. The third-order valence-electron chi connectivity index (χ3n) is 4.51. The summed E-state index contributed by atoms with van der Waals surface area (Å²) >= 11 is 0. The Morgan fingerprint density at radius 2 is 1.89 bits per heavy atom. The maximum Gasteiger partial charge on any atom is 0.244 e. The predicted octanol–water partition coefficient (Wildman–Crippen LogP) is 3.54. The molecule has 3 heteroatoms. The Kier molecular flexibility index (Phi) is 5.84. The van der Waals surface area contributed by atoms with Crippen molar-refractivity contribution in [1.82, 2.24) is 10.2 Å². The van der Waals surface area contributed by atoms with Crippen LogP contribution in [-0.2, 0) is 4.79 Å². The first-order valence-electron chi connectivity index (χ1n) is 7.97. The van der Waals surface area contributed by atoms with Crippen LogP contribution in [0.1, 0.15) is 73.6 Å². The van der Waals surface area contributed by atoms with Gasteiger partial charge in [0.2, 0.25) is 5.91 Å². The molecule has 19 heavy (non-hydrogen) atoms. The van der Waals surface area contributed by atoms with Crippen LogP contribution in [0.5, 0.6) is 0 Å². The third-order valence-corrected chi connectivity index (χ3v) is 4.51. The summed E-state index contributed by atoms with van der Waals surface area (Å²) in [5, 5.41) is 3.56. The molecular weight excluding hydrogens is 236 g/mol. The van der Waals surface area contributed by atoms with Crippen molar-refractivity contribution >= 4 is 5.91 Å². The molecule has 112 valence electrons.